The largest absolute Gasteiger partial charge is 0.493 e. The summed E-state index contributed by atoms with van der Waals surface area (Å²) in [5.74, 6) is 0.876. The molecule has 1 aliphatic rings. The molecule has 0 spiro atoms. The van der Waals surface area contributed by atoms with Crippen LogP contribution in [0, 0.1) is 0 Å². The monoisotopic (exact) mass is 355 g/mol. The highest BCUT2D eigenvalue weighted by Crippen LogP contribution is 2.37. The summed E-state index contributed by atoms with van der Waals surface area (Å²) in [6, 6.07) is 9.68. The molecule has 0 fully saturated rings. The van der Waals surface area contributed by atoms with Crippen LogP contribution < -0.4 is 4.74 Å². The zero-order chi connectivity index (χ0) is 17.2. The van der Waals surface area contributed by atoms with Crippen LogP contribution in [-0.4, -0.2) is 25.8 Å². The second-order valence-corrected chi connectivity index (χ2v) is 7.75. The molecule has 2 atom stereocenters. The van der Waals surface area contributed by atoms with Crippen molar-refractivity contribution in [2.24, 2.45) is 0 Å². The molecular formula is C19H21N3O2S. The number of nitrogens with one attached hydrogen (secondary N) is 1. The molecule has 1 N–H and O–H groups in total. The van der Waals surface area contributed by atoms with Crippen molar-refractivity contribution in [3.05, 3.63) is 47.8 Å². The van der Waals surface area contributed by atoms with Gasteiger partial charge < -0.3 is 9.72 Å². The zero-order valence-electron chi connectivity index (χ0n) is 14.2. The van der Waals surface area contributed by atoms with Crippen LogP contribution in [0.4, 0.5) is 0 Å². The van der Waals surface area contributed by atoms with E-state index in [2.05, 4.69) is 15.0 Å². The third-order valence-electron chi connectivity index (χ3n) is 4.61. The molecule has 1 aromatic carbocycles. The molecule has 0 bridgehead atoms. The molecule has 0 aliphatic heterocycles. The van der Waals surface area contributed by atoms with E-state index in [0.717, 1.165) is 53.7 Å². The summed E-state index contributed by atoms with van der Waals surface area (Å²) in [6.07, 6.45) is 5.62. The van der Waals surface area contributed by atoms with E-state index in [0.29, 0.717) is 11.8 Å². The van der Waals surface area contributed by atoms with Crippen LogP contribution in [0.25, 0.3) is 11.0 Å². The third-order valence-corrected chi connectivity index (χ3v) is 6.16. The highest BCUT2D eigenvalue weighted by molar-refractivity contribution is 7.85. The average Bonchev–Trinajstić information content (AvgIpc) is 2.95. The maximum absolute atomic E-state index is 13.3. The van der Waals surface area contributed by atoms with Gasteiger partial charge in [0.05, 0.1) is 39.4 Å². The van der Waals surface area contributed by atoms with Crippen molar-refractivity contribution >= 4 is 21.8 Å². The number of aromatic amines is 1. The van der Waals surface area contributed by atoms with Crippen LogP contribution in [0.15, 0.2) is 41.7 Å². The number of imidazole rings is 1. The predicted molar refractivity (Wildman–Crippen MR) is 98.2 cm³/mol. The minimum Gasteiger partial charge on any atom is -0.493 e. The summed E-state index contributed by atoms with van der Waals surface area (Å²) in [5.41, 5.74) is 3.77. The molecule has 0 saturated carbocycles. The molecule has 0 saturated heterocycles. The Bertz CT molecular complexity index is 889. The van der Waals surface area contributed by atoms with Crippen molar-refractivity contribution in [3.63, 3.8) is 0 Å². The molecule has 130 valence electrons. The van der Waals surface area contributed by atoms with E-state index in [1.165, 1.54) is 0 Å². The fourth-order valence-corrected chi connectivity index (χ4v) is 4.90. The Morgan fingerprint density at radius 2 is 2.16 bits per heavy atom. The number of H-pyrrole nitrogens is 1. The second kappa shape index (κ2) is 6.96. The van der Waals surface area contributed by atoms with E-state index in [1.54, 1.807) is 6.20 Å². The smallest absolute Gasteiger partial charge is 0.198 e. The van der Waals surface area contributed by atoms with Crippen molar-refractivity contribution in [3.8, 4) is 5.75 Å². The minimum atomic E-state index is -1.27. The minimum absolute atomic E-state index is 0.154. The zero-order valence-corrected chi connectivity index (χ0v) is 15.0. The molecule has 1 aliphatic carbocycles. The van der Waals surface area contributed by atoms with Crippen LogP contribution in [0.3, 0.4) is 0 Å². The van der Waals surface area contributed by atoms with Crippen LogP contribution >= 0.6 is 0 Å². The number of ether oxygens (including phenoxy) is 1. The number of hydrogen-bond donors (Lipinski definition) is 1. The Hall–Kier alpha value is -2.21. The second-order valence-electron chi connectivity index (χ2n) is 6.20. The lowest BCUT2D eigenvalue weighted by Gasteiger charge is -2.17. The first-order valence-corrected chi connectivity index (χ1v) is 9.95. The highest BCUT2D eigenvalue weighted by Gasteiger charge is 2.29. The molecule has 5 nitrogen and oxygen atoms in total. The molecule has 2 aromatic heterocycles. The van der Waals surface area contributed by atoms with E-state index in [1.807, 2.05) is 37.3 Å². The van der Waals surface area contributed by atoms with Crippen LogP contribution in [0.2, 0.25) is 0 Å². The molecule has 6 heteroatoms. The molecule has 4 rings (SSSR count). The third kappa shape index (κ3) is 3.06. The molecular weight excluding hydrogens is 334 g/mol. The molecule has 0 radical (unpaired) electrons. The standard InChI is InChI=1S/C19H21N3O2S/c1-2-24-16-11-12-20-18-13(16)7-3-6-10-17(18)25(23)19-21-14-8-4-5-9-15(14)22-19/h4-5,8-9,11-12,17H,2-3,6-7,10H2,1H3,(H,21,22)/t17-,25-/m0/s1. The van der Waals surface area contributed by atoms with Crippen LogP contribution in [-0.2, 0) is 17.2 Å². The van der Waals surface area contributed by atoms with Gasteiger partial charge in [0.1, 0.15) is 5.75 Å². The number of pyridine rings is 1. The van der Waals surface area contributed by atoms with Gasteiger partial charge in [-0.2, -0.15) is 0 Å². The topological polar surface area (TPSA) is 67.9 Å². The highest BCUT2D eigenvalue weighted by atomic mass is 32.2. The van der Waals surface area contributed by atoms with Gasteiger partial charge in [-0.05, 0) is 44.4 Å². The summed E-state index contributed by atoms with van der Waals surface area (Å²) in [5, 5.41) is 0.376. The van der Waals surface area contributed by atoms with Gasteiger partial charge in [0.2, 0.25) is 0 Å². The van der Waals surface area contributed by atoms with Gasteiger partial charge >= 0.3 is 0 Å². The lowest BCUT2D eigenvalue weighted by atomic mass is 10.1. The number of para-hydroxylation sites is 2. The number of benzene rings is 1. The Kier molecular flexibility index (Phi) is 4.53. The van der Waals surface area contributed by atoms with E-state index in [4.69, 9.17) is 4.74 Å². The van der Waals surface area contributed by atoms with Crippen molar-refractivity contribution in [2.45, 2.75) is 43.0 Å². The van der Waals surface area contributed by atoms with Gasteiger partial charge in [-0.1, -0.05) is 18.6 Å². The Labute approximate surface area is 149 Å². The first-order valence-electron chi connectivity index (χ1n) is 8.74. The summed E-state index contributed by atoms with van der Waals surface area (Å²) in [4.78, 5) is 12.3. The van der Waals surface area contributed by atoms with E-state index < -0.39 is 10.8 Å². The molecule has 0 amide bonds. The van der Waals surface area contributed by atoms with Gasteiger partial charge in [-0.3, -0.25) is 9.19 Å². The summed E-state index contributed by atoms with van der Waals surface area (Å²) >= 11 is 0. The van der Waals surface area contributed by atoms with Crippen molar-refractivity contribution < 1.29 is 8.95 Å². The Morgan fingerprint density at radius 1 is 1.28 bits per heavy atom. The molecule has 2 heterocycles. The quantitative estimate of drug-likeness (QED) is 0.720. The maximum atomic E-state index is 13.3. The number of hydrogen-bond acceptors (Lipinski definition) is 4. The van der Waals surface area contributed by atoms with Gasteiger partial charge in [0.15, 0.2) is 5.16 Å². The first kappa shape index (κ1) is 16.3. The number of aromatic nitrogens is 3. The van der Waals surface area contributed by atoms with Gasteiger partial charge in [0, 0.05) is 11.8 Å². The SMILES string of the molecule is CCOc1ccnc2c1CCCC[C@@H]2[S@](=O)c1nc2ccccc2[nH]1. The molecule has 0 unspecified atom stereocenters. The molecule has 3 aromatic rings. The van der Waals surface area contributed by atoms with Gasteiger partial charge in [0.25, 0.3) is 0 Å². The summed E-state index contributed by atoms with van der Waals surface area (Å²) in [7, 11) is -1.27. The molecule has 25 heavy (non-hydrogen) atoms. The van der Waals surface area contributed by atoms with Gasteiger partial charge in [-0.25, -0.2) is 4.98 Å². The number of rotatable bonds is 4. The van der Waals surface area contributed by atoms with Crippen molar-refractivity contribution in [2.75, 3.05) is 6.61 Å². The maximum Gasteiger partial charge on any atom is 0.198 e. The number of fused-ring (bicyclic) bond motifs is 2. The fraction of sp³-hybridized carbons (Fsp3) is 0.368. The fourth-order valence-electron chi connectivity index (χ4n) is 3.45. The lowest BCUT2D eigenvalue weighted by Crippen LogP contribution is -2.12. The van der Waals surface area contributed by atoms with Crippen molar-refractivity contribution in [1.82, 2.24) is 15.0 Å². The number of nitrogens with zero attached hydrogens (tertiary/aromatic N) is 2. The Balaban J connectivity index is 1.75. The average molecular weight is 355 g/mol. The van der Waals surface area contributed by atoms with E-state index >= 15 is 0 Å². The first-order chi connectivity index (χ1) is 12.3. The van der Waals surface area contributed by atoms with Crippen LogP contribution in [0.1, 0.15) is 42.7 Å². The van der Waals surface area contributed by atoms with E-state index in [9.17, 15) is 4.21 Å². The summed E-state index contributed by atoms with van der Waals surface area (Å²) in [6.45, 7) is 2.60. The normalized spacial score (nSPS) is 18.5. The van der Waals surface area contributed by atoms with E-state index in [-0.39, 0.29) is 5.25 Å². The van der Waals surface area contributed by atoms with Crippen molar-refractivity contribution in [1.29, 1.82) is 0 Å². The Morgan fingerprint density at radius 3 is 3.00 bits per heavy atom. The summed E-state index contributed by atoms with van der Waals surface area (Å²) < 4.78 is 19.1. The lowest BCUT2D eigenvalue weighted by molar-refractivity contribution is 0.335. The van der Waals surface area contributed by atoms with Gasteiger partial charge in [-0.15, -0.1) is 0 Å². The van der Waals surface area contributed by atoms with Crippen LogP contribution in [0.5, 0.6) is 5.75 Å². The predicted octanol–water partition coefficient (Wildman–Crippen LogP) is 3.93.